The Morgan fingerprint density at radius 1 is 0.946 bits per heavy atom. The molecular formula is C25H20N4O7S. The zero-order chi connectivity index (χ0) is 26.7. The molecule has 0 heterocycles. The van der Waals surface area contributed by atoms with Crippen LogP contribution in [0.1, 0.15) is 22.8 Å². The summed E-state index contributed by atoms with van der Waals surface area (Å²) >= 11 is 0. The topological polar surface area (TPSA) is 171 Å². The molecule has 0 aliphatic carbocycles. The molecule has 4 aromatic rings. The highest BCUT2D eigenvalue weighted by molar-refractivity contribution is 7.92. The minimum atomic E-state index is -4.36. The van der Waals surface area contributed by atoms with Crippen molar-refractivity contribution in [1.29, 1.82) is 0 Å². The van der Waals surface area contributed by atoms with Crippen molar-refractivity contribution in [3.8, 4) is 5.75 Å². The number of phenolic OH excluding ortho intramolecular Hbond substituents is 1. The van der Waals surface area contributed by atoms with Crippen LogP contribution in [0.2, 0.25) is 0 Å². The van der Waals surface area contributed by atoms with E-state index in [1.54, 1.807) is 31.2 Å². The van der Waals surface area contributed by atoms with Crippen molar-refractivity contribution >= 4 is 49.5 Å². The summed E-state index contributed by atoms with van der Waals surface area (Å²) in [4.78, 5) is 21.9. The molecular weight excluding hydrogens is 500 g/mol. The molecule has 0 aliphatic rings. The Balaban J connectivity index is 1.64. The highest BCUT2D eigenvalue weighted by atomic mass is 32.2. The molecule has 11 nitrogen and oxygen atoms in total. The number of para-hydroxylation sites is 1. The molecule has 0 aliphatic heterocycles. The number of hydrazone groups is 1. The summed E-state index contributed by atoms with van der Waals surface area (Å²) in [6, 6.07) is 19.2. The molecule has 12 heteroatoms. The van der Waals surface area contributed by atoms with Crippen molar-refractivity contribution in [2.45, 2.75) is 11.8 Å². The van der Waals surface area contributed by atoms with Gasteiger partial charge in [-0.15, -0.1) is 0 Å². The summed E-state index contributed by atoms with van der Waals surface area (Å²) in [5.74, 6) is -1.33. The average molecular weight is 521 g/mol. The second-order valence-electron chi connectivity index (χ2n) is 7.88. The van der Waals surface area contributed by atoms with Gasteiger partial charge < -0.3 is 10.2 Å². The van der Waals surface area contributed by atoms with Crippen LogP contribution in [0.25, 0.3) is 10.8 Å². The molecule has 0 spiro atoms. The number of nitrogens with one attached hydrogen (secondary N) is 2. The van der Waals surface area contributed by atoms with Crippen LogP contribution >= 0.6 is 0 Å². The van der Waals surface area contributed by atoms with Crippen LogP contribution in [0.5, 0.6) is 5.75 Å². The van der Waals surface area contributed by atoms with Gasteiger partial charge in [0.2, 0.25) is 0 Å². The summed E-state index contributed by atoms with van der Waals surface area (Å²) in [6.07, 6.45) is 0. The smallest absolute Gasteiger partial charge is 0.337 e. The number of nitrogens with zero attached hydrogens (tertiary/aromatic N) is 2. The Kier molecular flexibility index (Phi) is 6.76. The van der Waals surface area contributed by atoms with Gasteiger partial charge in [-0.05, 0) is 42.6 Å². The lowest BCUT2D eigenvalue weighted by molar-refractivity contribution is -0.384. The number of fused-ring (bicyclic) bond motifs is 1. The van der Waals surface area contributed by atoms with Gasteiger partial charge in [-0.25, -0.2) is 13.2 Å². The van der Waals surface area contributed by atoms with Gasteiger partial charge >= 0.3 is 5.97 Å². The Morgan fingerprint density at radius 3 is 2.38 bits per heavy atom. The number of sulfonamides is 1. The number of anilines is 2. The fourth-order valence-corrected chi connectivity index (χ4v) is 4.74. The van der Waals surface area contributed by atoms with Gasteiger partial charge in [-0.2, -0.15) is 5.10 Å². The van der Waals surface area contributed by atoms with Gasteiger partial charge in [0.15, 0.2) is 0 Å². The lowest BCUT2D eigenvalue weighted by atomic mass is 10.0. The van der Waals surface area contributed by atoms with E-state index >= 15 is 0 Å². The third-order valence-electron chi connectivity index (χ3n) is 5.51. The first kappa shape index (κ1) is 25.1. The molecule has 188 valence electrons. The van der Waals surface area contributed by atoms with Crippen LogP contribution in [-0.4, -0.2) is 35.2 Å². The number of carbonyl (C=O) groups is 1. The number of hydrogen-bond donors (Lipinski definition) is 4. The minimum absolute atomic E-state index is 0.00445. The number of phenols is 1. The molecule has 0 unspecified atom stereocenters. The summed E-state index contributed by atoms with van der Waals surface area (Å²) in [6.45, 7) is 1.60. The first-order chi connectivity index (χ1) is 17.6. The molecule has 0 fully saturated rings. The normalized spacial score (nSPS) is 11.8. The average Bonchev–Trinajstić information content (AvgIpc) is 2.87. The highest BCUT2D eigenvalue weighted by Gasteiger charge is 2.23. The predicted octanol–water partition coefficient (Wildman–Crippen LogP) is 4.79. The zero-order valence-electron chi connectivity index (χ0n) is 19.2. The van der Waals surface area contributed by atoms with Gasteiger partial charge in [0.1, 0.15) is 11.4 Å². The Hall–Kier alpha value is -4.97. The van der Waals surface area contributed by atoms with Crippen LogP contribution in [0.15, 0.2) is 88.9 Å². The summed E-state index contributed by atoms with van der Waals surface area (Å²) < 4.78 is 27.9. The summed E-state index contributed by atoms with van der Waals surface area (Å²) in [7, 11) is -4.36. The van der Waals surface area contributed by atoms with Crippen LogP contribution in [0.3, 0.4) is 0 Å². The van der Waals surface area contributed by atoms with E-state index in [1.807, 2.05) is 12.1 Å². The number of aromatic hydroxyl groups is 1. The van der Waals surface area contributed by atoms with Crippen LogP contribution in [-0.2, 0) is 10.0 Å². The monoisotopic (exact) mass is 520 g/mol. The molecule has 0 amide bonds. The second kappa shape index (κ2) is 9.95. The standard InChI is InChI=1S/C25H20N4O7S/c1-15(18-12-10-16-6-2-3-7-19(16)24(18)30)26-27-22-13-11-17(14-23(22)29(33)34)37(35,36)28-21-9-5-4-8-20(21)25(31)32/h2-14,27-28,30H,1H3,(H,31,32)/b26-15+. The van der Waals surface area contributed by atoms with Crippen molar-refractivity contribution < 1.29 is 28.3 Å². The Morgan fingerprint density at radius 2 is 1.65 bits per heavy atom. The molecule has 4 N–H and O–H groups in total. The number of nitro groups is 1. The molecule has 37 heavy (non-hydrogen) atoms. The summed E-state index contributed by atoms with van der Waals surface area (Å²) in [5.41, 5.74) is 2.18. The maximum atomic E-state index is 12.9. The van der Waals surface area contributed by atoms with E-state index < -0.39 is 31.5 Å². The predicted molar refractivity (Wildman–Crippen MR) is 139 cm³/mol. The number of hydrogen-bond acceptors (Lipinski definition) is 8. The Labute approximate surface area is 210 Å². The number of carboxylic acids is 1. The van der Waals surface area contributed by atoms with Crippen molar-refractivity contribution in [2.75, 3.05) is 10.1 Å². The Bertz CT molecular complexity index is 1680. The summed E-state index contributed by atoms with van der Waals surface area (Å²) in [5, 5.41) is 37.2. The van der Waals surface area contributed by atoms with E-state index in [-0.39, 0.29) is 22.7 Å². The maximum Gasteiger partial charge on any atom is 0.337 e. The van der Waals surface area contributed by atoms with E-state index in [1.165, 1.54) is 30.3 Å². The SMILES string of the molecule is C/C(=N\Nc1ccc(S(=O)(=O)Nc2ccccc2C(=O)O)cc1[N+](=O)[O-])c1ccc2ccccc2c1O. The number of nitro benzene ring substituents is 1. The fraction of sp³-hybridized carbons (Fsp3) is 0.0400. The number of benzene rings is 4. The van der Waals surface area contributed by atoms with Crippen molar-refractivity contribution in [1.82, 2.24) is 0 Å². The largest absolute Gasteiger partial charge is 0.507 e. The van der Waals surface area contributed by atoms with Crippen LogP contribution in [0, 0.1) is 10.1 Å². The molecule has 4 aromatic carbocycles. The molecule has 0 saturated heterocycles. The first-order valence-corrected chi connectivity index (χ1v) is 12.2. The van der Waals surface area contributed by atoms with Crippen molar-refractivity contribution in [3.63, 3.8) is 0 Å². The molecule has 0 bridgehead atoms. The molecule has 0 aromatic heterocycles. The van der Waals surface area contributed by atoms with Gasteiger partial charge in [0, 0.05) is 17.0 Å². The van der Waals surface area contributed by atoms with E-state index in [2.05, 4.69) is 15.2 Å². The van der Waals surface area contributed by atoms with Crippen LogP contribution < -0.4 is 10.1 Å². The fourth-order valence-electron chi connectivity index (χ4n) is 3.64. The number of carboxylic acid groups (broad SMARTS) is 1. The van der Waals surface area contributed by atoms with E-state index in [0.29, 0.717) is 16.7 Å². The van der Waals surface area contributed by atoms with E-state index in [0.717, 1.165) is 17.5 Å². The third kappa shape index (κ3) is 5.18. The zero-order valence-corrected chi connectivity index (χ0v) is 20.1. The van der Waals surface area contributed by atoms with Gasteiger partial charge in [-0.3, -0.25) is 20.3 Å². The van der Waals surface area contributed by atoms with Gasteiger partial charge in [0.05, 0.1) is 26.8 Å². The van der Waals surface area contributed by atoms with E-state index in [4.69, 9.17) is 0 Å². The quantitative estimate of drug-likeness (QED) is 0.146. The highest BCUT2D eigenvalue weighted by Crippen LogP contribution is 2.31. The second-order valence-corrected chi connectivity index (χ2v) is 9.57. The van der Waals surface area contributed by atoms with Crippen molar-refractivity contribution in [2.24, 2.45) is 5.10 Å². The van der Waals surface area contributed by atoms with Crippen LogP contribution in [0.4, 0.5) is 17.1 Å². The lowest BCUT2D eigenvalue weighted by Gasteiger charge is -2.12. The molecule has 0 radical (unpaired) electrons. The van der Waals surface area contributed by atoms with Gasteiger partial charge in [0.25, 0.3) is 15.7 Å². The molecule has 4 rings (SSSR count). The minimum Gasteiger partial charge on any atom is -0.507 e. The molecule has 0 saturated carbocycles. The molecule has 0 atom stereocenters. The number of rotatable bonds is 8. The third-order valence-corrected chi connectivity index (χ3v) is 6.88. The van der Waals surface area contributed by atoms with Crippen molar-refractivity contribution in [3.05, 3.63) is 100 Å². The maximum absolute atomic E-state index is 12.9. The lowest BCUT2D eigenvalue weighted by Crippen LogP contribution is -2.16. The van der Waals surface area contributed by atoms with Gasteiger partial charge in [-0.1, -0.05) is 42.5 Å². The van der Waals surface area contributed by atoms with E-state index in [9.17, 15) is 33.5 Å². The number of aromatic carboxylic acids is 1. The first-order valence-electron chi connectivity index (χ1n) is 10.7.